The largest absolute Gasteiger partial charge is 0.496 e. The summed E-state index contributed by atoms with van der Waals surface area (Å²) in [5.41, 5.74) is 8.21. The first-order valence-corrected chi connectivity index (χ1v) is 18.5. The van der Waals surface area contributed by atoms with Crippen LogP contribution in [0, 0.1) is 39.9 Å². The van der Waals surface area contributed by atoms with Gasteiger partial charge in [0.1, 0.15) is 35.1 Å². The van der Waals surface area contributed by atoms with Crippen molar-refractivity contribution in [3.05, 3.63) is 122 Å². The molecule has 7 heteroatoms. The van der Waals surface area contributed by atoms with Crippen LogP contribution in [0.2, 0.25) is 0 Å². The van der Waals surface area contributed by atoms with Gasteiger partial charge in [0.15, 0.2) is 11.3 Å². The zero-order valence-corrected chi connectivity index (χ0v) is 31.0. The average molecular weight is 693 g/mol. The fraction of sp³-hybridized carbons (Fsp3) is 0.341. The van der Waals surface area contributed by atoms with Crippen LogP contribution < -0.4 is 9.64 Å². The van der Waals surface area contributed by atoms with E-state index in [-0.39, 0.29) is 22.3 Å². The van der Waals surface area contributed by atoms with Crippen LogP contribution in [0.25, 0.3) is 11.6 Å². The van der Waals surface area contributed by atoms with Crippen molar-refractivity contribution >= 4 is 34.4 Å². The Kier molecular flexibility index (Phi) is 10.1. The number of hydrogen-bond acceptors (Lipinski definition) is 7. The number of hydrogen-bond donors (Lipinski definition) is 0. The minimum atomic E-state index is -0.882. The highest BCUT2D eigenvalue weighted by Crippen LogP contribution is 2.50. The molecule has 1 fully saturated rings. The lowest BCUT2D eigenvalue weighted by Crippen LogP contribution is -2.33. The van der Waals surface area contributed by atoms with Crippen molar-refractivity contribution < 1.29 is 9.47 Å². The molecule has 1 saturated carbocycles. The highest BCUT2D eigenvalue weighted by atomic mass is 32.1. The minimum Gasteiger partial charge on any atom is -0.496 e. The topological polar surface area (TPSA) is 93.1 Å². The molecule has 3 aliphatic rings. The molecule has 0 saturated heterocycles. The molecule has 0 radical (unpaired) electrons. The average Bonchev–Trinajstić information content (AvgIpc) is 3.75. The Morgan fingerprint density at radius 3 is 2.61 bits per heavy atom. The summed E-state index contributed by atoms with van der Waals surface area (Å²) in [6.45, 7) is 13.7. The van der Waals surface area contributed by atoms with Gasteiger partial charge in [-0.2, -0.15) is 15.8 Å². The van der Waals surface area contributed by atoms with E-state index in [1.165, 1.54) is 28.1 Å². The Morgan fingerprint density at radius 2 is 1.94 bits per heavy atom. The normalized spacial score (nSPS) is 21.5. The van der Waals surface area contributed by atoms with E-state index in [4.69, 9.17) is 9.47 Å². The summed E-state index contributed by atoms with van der Waals surface area (Å²) in [4.78, 5) is 3.54. The van der Waals surface area contributed by atoms with Gasteiger partial charge in [0.05, 0.1) is 7.11 Å². The highest BCUT2D eigenvalue weighted by Gasteiger charge is 2.40. The molecule has 3 aromatic rings. The smallest absolute Gasteiger partial charge is 0.172 e. The Bertz CT molecular complexity index is 2100. The maximum absolute atomic E-state index is 10.0. The monoisotopic (exact) mass is 692 g/mol. The molecule has 2 aromatic carbocycles. The number of thiophene rings is 1. The molecule has 0 bridgehead atoms. The standard InChI is InChI=1S/C44H44N4O2S/c1-7-44(24-29(2)20-30(3)25-44)38-23-35(14-17-40(38)49-6)48-18-8-10-32-21-31(12-16-39(32)48)22-33(41-11-9-19-51-41)13-15-37-36(28-47)42(34(26-45)27-46)50-43(37,4)5/h9,11-17,19,21-23,30H,2,7-8,10,18,20,24-25H2,1,3-6H3/b15-13+,33-22-. The van der Waals surface area contributed by atoms with Crippen LogP contribution in [-0.2, 0) is 16.6 Å². The molecule has 2 atom stereocenters. The number of rotatable bonds is 8. The van der Waals surface area contributed by atoms with Crippen molar-refractivity contribution in [3.8, 4) is 24.0 Å². The molecule has 1 aromatic heterocycles. The first-order valence-electron chi connectivity index (χ1n) is 17.6. The number of anilines is 2. The van der Waals surface area contributed by atoms with Crippen molar-refractivity contribution in [2.24, 2.45) is 5.92 Å². The van der Waals surface area contributed by atoms with Crippen molar-refractivity contribution in [3.63, 3.8) is 0 Å². The van der Waals surface area contributed by atoms with E-state index in [0.717, 1.165) is 66.8 Å². The molecule has 1 aliphatic carbocycles. The fourth-order valence-electron chi connectivity index (χ4n) is 8.25. The quantitative estimate of drug-likeness (QED) is 0.132. The van der Waals surface area contributed by atoms with Gasteiger partial charge in [-0.3, -0.25) is 0 Å². The number of fused-ring (bicyclic) bond motifs is 1. The van der Waals surface area contributed by atoms with E-state index in [1.807, 2.05) is 49.6 Å². The first-order chi connectivity index (χ1) is 24.6. The van der Waals surface area contributed by atoms with E-state index in [2.05, 4.69) is 79.9 Å². The van der Waals surface area contributed by atoms with Crippen molar-refractivity contribution in [2.75, 3.05) is 18.6 Å². The van der Waals surface area contributed by atoms with Gasteiger partial charge >= 0.3 is 0 Å². The van der Waals surface area contributed by atoms with Crippen LogP contribution in [0.15, 0.2) is 101 Å². The van der Waals surface area contributed by atoms with E-state index < -0.39 is 5.60 Å². The van der Waals surface area contributed by atoms with E-state index >= 15 is 0 Å². The van der Waals surface area contributed by atoms with Gasteiger partial charge in [-0.05, 0) is 123 Å². The minimum absolute atomic E-state index is 0.0184. The lowest BCUT2D eigenvalue weighted by molar-refractivity contribution is 0.0954. The lowest BCUT2D eigenvalue weighted by atomic mass is 9.63. The zero-order chi connectivity index (χ0) is 36.3. The molecule has 6 nitrogen and oxygen atoms in total. The predicted octanol–water partition coefficient (Wildman–Crippen LogP) is 10.9. The molecule has 0 N–H and O–H groups in total. The Labute approximate surface area is 306 Å². The summed E-state index contributed by atoms with van der Waals surface area (Å²) in [5, 5.41) is 31.0. The van der Waals surface area contributed by atoms with Gasteiger partial charge in [-0.1, -0.05) is 50.3 Å². The van der Waals surface area contributed by atoms with Gasteiger partial charge in [0.2, 0.25) is 0 Å². The summed E-state index contributed by atoms with van der Waals surface area (Å²) in [7, 11) is 1.78. The van der Waals surface area contributed by atoms with Gasteiger partial charge < -0.3 is 14.4 Å². The highest BCUT2D eigenvalue weighted by molar-refractivity contribution is 7.11. The number of allylic oxidation sites excluding steroid dienone is 5. The Hall–Kier alpha value is -5.29. The molecule has 2 aliphatic heterocycles. The maximum atomic E-state index is 10.0. The summed E-state index contributed by atoms with van der Waals surface area (Å²) >= 11 is 1.64. The van der Waals surface area contributed by atoms with Gasteiger partial charge in [0.25, 0.3) is 0 Å². The fourth-order valence-corrected chi connectivity index (χ4v) is 8.98. The van der Waals surface area contributed by atoms with Crippen LogP contribution in [0.1, 0.15) is 81.4 Å². The van der Waals surface area contributed by atoms with Gasteiger partial charge in [0, 0.05) is 39.3 Å². The third kappa shape index (κ3) is 6.90. The SMILES string of the molecule is C=C1CC(C)CC(CC)(c2cc(N3CCCc4cc(/C=C(/C=C/C5=C(C#N)C(=C(C#N)C#N)OC5(C)C)c5cccs5)ccc43)ccc2OC)C1. The Balaban J connectivity index is 1.37. The molecule has 3 heterocycles. The predicted molar refractivity (Wildman–Crippen MR) is 206 cm³/mol. The molecule has 6 rings (SSSR count). The molecular weight excluding hydrogens is 649 g/mol. The summed E-state index contributed by atoms with van der Waals surface area (Å²) in [5.74, 6) is 1.59. The van der Waals surface area contributed by atoms with E-state index in [0.29, 0.717) is 11.5 Å². The van der Waals surface area contributed by atoms with Crippen LogP contribution in [-0.4, -0.2) is 19.3 Å². The first kappa shape index (κ1) is 35.5. The number of benzene rings is 2. The van der Waals surface area contributed by atoms with Crippen LogP contribution in [0.5, 0.6) is 5.75 Å². The molecule has 2 unspecified atom stereocenters. The third-order valence-corrected chi connectivity index (χ3v) is 11.5. The maximum Gasteiger partial charge on any atom is 0.172 e. The van der Waals surface area contributed by atoms with Crippen molar-refractivity contribution in [2.45, 2.75) is 77.2 Å². The lowest BCUT2D eigenvalue weighted by Gasteiger charge is -2.42. The number of methoxy groups -OCH3 is 1. The molecule has 51 heavy (non-hydrogen) atoms. The van der Waals surface area contributed by atoms with Crippen LogP contribution >= 0.6 is 11.3 Å². The van der Waals surface area contributed by atoms with Crippen molar-refractivity contribution in [1.29, 1.82) is 15.8 Å². The Morgan fingerprint density at radius 1 is 1.14 bits per heavy atom. The number of nitriles is 3. The second-order valence-corrected chi connectivity index (χ2v) is 15.4. The number of aryl methyl sites for hydroxylation is 1. The summed E-state index contributed by atoms with van der Waals surface area (Å²) < 4.78 is 12.0. The van der Waals surface area contributed by atoms with Crippen LogP contribution in [0.3, 0.4) is 0 Å². The number of ether oxygens (including phenoxy) is 2. The van der Waals surface area contributed by atoms with E-state index in [1.54, 1.807) is 18.4 Å². The van der Waals surface area contributed by atoms with Crippen molar-refractivity contribution in [1.82, 2.24) is 0 Å². The van der Waals surface area contributed by atoms with Gasteiger partial charge in [-0.25, -0.2) is 0 Å². The zero-order valence-electron chi connectivity index (χ0n) is 30.2. The third-order valence-electron chi connectivity index (χ3n) is 10.6. The van der Waals surface area contributed by atoms with E-state index in [9.17, 15) is 15.8 Å². The molecule has 0 spiro atoms. The molecular formula is C44H44N4O2S. The van der Waals surface area contributed by atoms with Gasteiger partial charge in [-0.15, -0.1) is 11.3 Å². The molecule has 258 valence electrons. The summed E-state index contributed by atoms with van der Waals surface area (Å²) in [6.07, 6.45) is 12.4. The molecule has 0 amide bonds. The second-order valence-electron chi connectivity index (χ2n) is 14.5. The second kappa shape index (κ2) is 14.5. The summed E-state index contributed by atoms with van der Waals surface area (Å²) in [6, 6.07) is 23.5. The van der Waals surface area contributed by atoms with Crippen LogP contribution in [0.4, 0.5) is 11.4 Å². The number of nitrogens with zero attached hydrogens (tertiary/aromatic N) is 4.